The number of benzene rings is 1. The summed E-state index contributed by atoms with van der Waals surface area (Å²) < 4.78 is 0. The molecule has 0 saturated carbocycles. The van der Waals surface area contributed by atoms with E-state index in [1.165, 1.54) is 18.2 Å². The molecule has 7 nitrogen and oxygen atoms in total. The van der Waals surface area contributed by atoms with Gasteiger partial charge < -0.3 is 15.7 Å². The molecule has 0 radical (unpaired) electrons. The average molecular weight is 293 g/mol. The van der Waals surface area contributed by atoms with E-state index in [0.717, 1.165) is 6.42 Å². The zero-order valence-corrected chi connectivity index (χ0v) is 12.1. The number of aliphatic hydroxyl groups is 1. The van der Waals surface area contributed by atoms with E-state index < -0.39 is 10.5 Å². The van der Waals surface area contributed by atoms with E-state index in [0.29, 0.717) is 13.0 Å². The summed E-state index contributed by atoms with van der Waals surface area (Å²) in [5.74, 6) is -0.374. The molecule has 1 atom stereocenters. The third-order valence-corrected chi connectivity index (χ3v) is 3.84. The van der Waals surface area contributed by atoms with Gasteiger partial charge in [0.25, 0.3) is 11.6 Å². The van der Waals surface area contributed by atoms with E-state index in [1.807, 2.05) is 0 Å². The molecule has 0 spiro atoms. The van der Waals surface area contributed by atoms with Crippen LogP contribution in [0.25, 0.3) is 0 Å². The van der Waals surface area contributed by atoms with Gasteiger partial charge in [0.15, 0.2) is 0 Å². The first-order valence-electron chi connectivity index (χ1n) is 6.79. The molecule has 0 aliphatic carbocycles. The molecule has 0 bridgehead atoms. The first-order valence-corrected chi connectivity index (χ1v) is 6.79. The van der Waals surface area contributed by atoms with Crippen molar-refractivity contribution in [3.8, 4) is 0 Å². The maximum Gasteiger partial charge on any atom is 0.292 e. The minimum atomic E-state index is -1.03. The van der Waals surface area contributed by atoms with Crippen molar-refractivity contribution < 1.29 is 14.8 Å². The van der Waals surface area contributed by atoms with Crippen LogP contribution in [0.2, 0.25) is 0 Å². The van der Waals surface area contributed by atoms with Crippen LogP contribution in [0.15, 0.2) is 18.2 Å². The first-order chi connectivity index (χ1) is 9.73. The van der Waals surface area contributed by atoms with Crippen molar-refractivity contribution in [2.24, 2.45) is 0 Å². The van der Waals surface area contributed by atoms with Crippen molar-refractivity contribution in [3.05, 3.63) is 33.9 Å². The SMILES string of the molecule is CC(C)(O)C1CCCN1C(=O)c1cccc([N+](=O)[O-])c1N. The van der Waals surface area contributed by atoms with Gasteiger partial charge in [-0.25, -0.2) is 0 Å². The van der Waals surface area contributed by atoms with Gasteiger partial charge >= 0.3 is 0 Å². The molecule has 1 unspecified atom stereocenters. The Morgan fingerprint density at radius 2 is 2.19 bits per heavy atom. The molecule has 1 aliphatic heterocycles. The maximum absolute atomic E-state index is 12.6. The molecule has 1 aliphatic rings. The highest BCUT2D eigenvalue weighted by molar-refractivity contribution is 6.01. The number of likely N-dealkylation sites (tertiary alicyclic amines) is 1. The van der Waals surface area contributed by atoms with E-state index in [4.69, 9.17) is 5.73 Å². The largest absolute Gasteiger partial charge is 0.393 e. The molecule has 2 rings (SSSR count). The summed E-state index contributed by atoms with van der Waals surface area (Å²) in [6.45, 7) is 3.82. The van der Waals surface area contributed by atoms with Crippen LogP contribution in [0.1, 0.15) is 37.0 Å². The van der Waals surface area contributed by atoms with Gasteiger partial charge in [-0.15, -0.1) is 0 Å². The van der Waals surface area contributed by atoms with Gasteiger partial charge in [0.05, 0.1) is 22.1 Å². The molecule has 3 N–H and O–H groups in total. The second-order valence-electron chi connectivity index (χ2n) is 5.81. The first kappa shape index (κ1) is 15.2. The normalized spacial score (nSPS) is 18.8. The molecular weight excluding hydrogens is 274 g/mol. The van der Waals surface area contributed by atoms with Crippen LogP contribution in [0.5, 0.6) is 0 Å². The Kier molecular flexibility index (Phi) is 3.87. The van der Waals surface area contributed by atoms with E-state index in [2.05, 4.69) is 0 Å². The van der Waals surface area contributed by atoms with Crippen LogP contribution in [0.4, 0.5) is 11.4 Å². The predicted molar refractivity (Wildman–Crippen MR) is 77.9 cm³/mol. The second-order valence-corrected chi connectivity index (χ2v) is 5.81. The Morgan fingerprint density at radius 1 is 1.52 bits per heavy atom. The Hall–Kier alpha value is -2.15. The zero-order chi connectivity index (χ0) is 15.8. The zero-order valence-electron chi connectivity index (χ0n) is 12.1. The molecule has 1 aromatic carbocycles. The summed E-state index contributed by atoms with van der Waals surface area (Å²) in [6, 6.07) is 3.87. The lowest BCUT2D eigenvalue weighted by Crippen LogP contribution is -2.48. The number of rotatable bonds is 3. The van der Waals surface area contributed by atoms with Crippen molar-refractivity contribution in [2.75, 3.05) is 12.3 Å². The van der Waals surface area contributed by atoms with E-state index in [1.54, 1.807) is 18.7 Å². The highest BCUT2D eigenvalue weighted by atomic mass is 16.6. The van der Waals surface area contributed by atoms with Gasteiger partial charge in [-0.1, -0.05) is 6.07 Å². The minimum absolute atomic E-state index is 0.111. The number of hydrogen-bond acceptors (Lipinski definition) is 5. The van der Waals surface area contributed by atoms with Crippen molar-refractivity contribution >= 4 is 17.3 Å². The highest BCUT2D eigenvalue weighted by Gasteiger charge is 2.39. The van der Waals surface area contributed by atoms with E-state index in [9.17, 15) is 20.0 Å². The number of anilines is 1. The molecule has 114 valence electrons. The van der Waals surface area contributed by atoms with Gasteiger partial charge in [-0.3, -0.25) is 14.9 Å². The topological polar surface area (TPSA) is 110 Å². The third kappa shape index (κ3) is 2.82. The Labute approximate surface area is 122 Å². The molecule has 7 heteroatoms. The molecule has 1 amide bonds. The minimum Gasteiger partial charge on any atom is -0.393 e. The molecule has 1 aromatic rings. The monoisotopic (exact) mass is 293 g/mol. The summed E-state index contributed by atoms with van der Waals surface area (Å²) >= 11 is 0. The summed E-state index contributed by atoms with van der Waals surface area (Å²) in [6.07, 6.45) is 1.49. The van der Waals surface area contributed by atoms with Crippen LogP contribution in [0, 0.1) is 10.1 Å². The predicted octanol–water partition coefficient (Wildman–Crippen LogP) is 1.55. The third-order valence-electron chi connectivity index (χ3n) is 3.84. The van der Waals surface area contributed by atoms with Gasteiger partial charge in [0.2, 0.25) is 0 Å². The van der Waals surface area contributed by atoms with E-state index >= 15 is 0 Å². The number of nitro benzene ring substituents is 1. The van der Waals surface area contributed by atoms with Crippen molar-refractivity contribution in [2.45, 2.75) is 38.3 Å². The lowest BCUT2D eigenvalue weighted by molar-refractivity contribution is -0.383. The molecular formula is C14H19N3O4. The number of nitrogens with zero attached hydrogens (tertiary/aromatic N) is 2. The fourth-order valence-corrected chi connectivity index (χ4v) is 2.80. The molecule has 0 aromatic heterocycles. The van der Waals surface area contributed by atoms with Gasteiger partial charge in [-0.05, 0) is 32.8 Å². The summed E-state index contributed by atoms with van der Waals surface area (Å²) in [5.41, 5.74) is 4.43. The van der Waals surface area contributed by atoms with Crippen LogP contribution >= 0.6 is 0 Å². The van der Waals surface area contributed by atoms with Gasteiger partial charge in [0, 0.05) is 12.6 Å². The number of carbonyl (C=O) groups is 1. The standard InChI is InChI=1S/C14H19N3O4/c1-14(2,19)11-7-4-8-16(11)13(18)9-5-3-6-10(12(9)15)17(20)21/h3,5-6,11,19H,4,7-8,15H2,1-2H3. The van der Waals surface area contributed by atoms with Crippen molar-refractivity contribution in [1.29, 1.82) is 0 Å². The summed E-state index contributed by atoms with van der Waals surface area (Å²) in [7, 11) is 0. The smallest absolute Gasteiger partial charge is 0.292 e. The number of nitrogens with two attached hydrogens (primary N) is 1. The summed E-state index contributed by atoms with van der Waals surface area (Å²) in [4.78, 5) is 24.5. The number of para-hydroxylation sites is 1. The number of hydrogen-bond donors (Lipinski definition) is 2. The van der Waals surface area contributed by atoms with Crippen LogP contribution in [-0.2, 0) is 0 Å². The Bertz CT molecular complexity index is 580. The van der Waals surface area contributed by atoms with Crippen molar-refractivity contribution in [1.82, 2.24) is 4.90 Å². The number of carbonyl (C=O) groups excluding carboxylic acids is 1. The molecule has 1 saturated heterocycles. The Balaban J connectivity index is 2.37. The Morgan fingerprint density at radius 3 is 2.76 bits per heavy atom. The quantitative estimate of drug-likeness (QED) is 0.499. The van der Waals surface area contributed by atoms with Crippen molar-refractivity contribution in [3.63, 3.8) is 0 Å². The lowest BCUT2D eigenvalue weighted by atomic mass is 9.96. The summed E-state index contributed by atoms with van der Waals surface area (Å²) in [5, 5.41) is 21.1. The number of nitro groups is 1. The van der Waals surface area contributed by atoms with Crippen LogP contribution in [-0.4, -0.2) is 39.0 Å². The fourth-order valence-electron chi connectivity index (χ4n) is 2.80. The number of amides is 1. The second kappa shape index (κ2) is 5.33. The molecule has 21 heavy (non-hydrogen) atoms. The maximum atomic E-state index is 12.6. The molecule has 1 heterocycles. The number of nitrogen functional groups attached to an aromatic ring is 1. The molecule has 1 fully saturated rings. The van der Waals surface area contributed by atoms with Gasteiger partial charge in [-0.2, -0.15) is 0 Å². The lowest BCUT2D eigenvalue weighted by Gasteiger charge is -2.34. The highest BCUT2D eigenvalue weighted by Crippen LogP contribution is 2.31. The van der Waals surface area contributed by atoms with Crippen LogP contribution in [0.3, 0.4) is 0 Å². The average Bonchev–Trinajstić information content (AvgIpc) is 2.87. The van der Waals surface area contributed by atoms with E-state index in [-0.39, 0.29) is 28.9 Å². The van der Waals surface area contributed by atoms with Gasteiger partial charge in [0.1, 0.15) is 5.69 Å². The fraction of sp³-hybridized carbons (Fsp3) is 0.500. The van der Waals surface area contributed by atoms with Crippen LogP contribution < -0.4 is 5.73 Å².